The van der Waals surface area contributed by atoms with Gasteiger partial charge in [-0.1, -0.05) is 0 Å². The van der Waals surface area contributed by atoms with Gasteiger partial charge in [0.05, 0.1) is 0 Å². The Labute approximate surface area is 85.1 Å². The quantitative estimate of drug-likeness (QED) is 0.554. The number of carbonyl (C=O) groups is 1. The Morgan fingerprint density at radius 1 is 1.64 bits per heavy atom. The van der Waals surface area contributed by atoms with E-state index in [9.17, 15) is 4.79 Å². The van der Waals surface area contributed by atoms with Crippen LogP contribution >= 0.6 is 0 Å². The number of nitrogens with one attached hydrogen (secondary N) is 2. The molecule has 82 valence electrons. The summed E-state index contributed by atoms with van der Waals surface area (Å²) in [6.07, 6.45) is 2.49. The molecule has 0 aromatic heterocycles. The second-order valence-corrected chi connectivity index (χ2v) is 3.94. The maximum Gasteiger partial charge on any atom is 0.223 e. The van der Waals surface area contributed by atoms with Gasteiger partial charge in [0.25, 0.3) is 0 Å². The van der Waals surface area contributed by atoms with Crippen LogP contribution in [0.5, 0.6) is 0 Å². The van der Waals surface area contributed by atoms with Crippen LogP contribution in [0.1, 0.15) is 26.2 Å². The van der Waals surface area contributed by atoms with Crippen LogP contribution in [0.15, 0.2) is 0 Å². The van der Waals surface area contributed by atoms with E-state index in [4.69, 9.17) is 5.11 Å². The molecule has 4 heteroatoms. The van der Waals surface area contributed by atoms with E-state index in [1.165, 1.54) is 0 Å². The molecule has 2 unspecified atom stereocenters. The summed E-state index contributed by atoms with van der Waals surface area (Å²) in [5.74, 6) is 0.303. The molecule has 0 saturated carbocycles. The van der Waals surface area contributed by atoms with Crippen molar-refractivity contribution >= 4 is 5.91 Å². The molecule has 3 N–H and O–H groups in total. The minimum atomic E-state index is 0.142. The Hall–Kier alpha value is -0.610. The van der Waals surface area contributed by atoms with Gasteiger partial charge in [-0.25, -0.2) is 0 Å². The van der Waals surface area contributed by atoms with Crippen LogP contribution in [-0.4, -0.2) is 36.8 Å². The SMILES string of the molecule is CC1CC(C(=O)NCCCO)CCN1. The molecule has 4 nitrogen and oxygen atoms in total. The number of aliphatic hydroxyl groups excluding tert-OH is 1. The molecule has 0 spiro atoms. The molecule has 0 aromatic carbocycles. The van der Waals surface area contributed by atoms with E-state index in [2.05, 4.69) is 17.6 Å². The molecule has 1 heterocycles. The zero-order valence-corrected chi connectivity index (χ0v) is 8.75. The predicted octanol–water partition coefficient (Wildman–Crippen LogP) is -0.127. The summed E-state index contributed by atoms with van der Waals surface area (Å²) in [5.41, 5.74) is 0. The highest BCUT2D eigenvalue weighted by atomic mass is 16.3. The molecule has 0 bridgehead atoms. The van der Waals surface area contributed by atoms with E-state index >= 15 is 0 Å². The highest BCUT2D eigenvalue weighted by Crippen LogP contribution is 2.15. The summed E-state index contributed by atoms with van der Waals surface area (Å²) in [7, 11) is 0. The van der Waals surface area contributed by atoms with E-state index in [0.717, 1.165) is 19.4 Å². The fourth-order valence-corrected chi connectivity index (χ4v) is 1.81. The lowest BCUT2D eigenvalue weighted by atomic mass is 9.92. The second-order valence-electron chi connectivity index (χ2n) is 3.94. The summed E-state index contributed by atoms with van der Waals surface area (Å²) in [6.45, 7) is 3.77. The van der Waals surface area contributed by atoms with E-state index in [1.54, 1.807) is 0 Å². The van der Waals surface area contributed by atoms with Gasteiger partial charge in [-0.05, 0) is 32.7 Å². The number of hydrogen-bond donors (Lipinski definition) is 3. The largest absolute Gasteiger partial charge is 0.396 e. The monoisotopic (exact) mass is 200 g/mol. The van der Waals surface area contributed by atoms with Crippen molar-refractivity contribution in [3.05, 3.63) is 0 Å². The third-order valence-electron chi connectivity index (χ3n) is 2.63. The predicted molar refractivity (Wildman–Crippen MR) is 54.9 cm³/mol. The van der Waals surface area contributed by atoms with Crippen molar-refractivity contribution < 1.29 is 9.90 Å². The van der Waals surface area contributed by atoms with Gasteiger partial charge in [-0.3, -0.25) is 4.79 Å². The highest BCUT2D eigenvalue weighted by Gasteiger charge is 2.23. The zero-order valence-electron chi connectivity index (χ0n) is 8.75. The standard InChI is InChI=1S/C10H20N2O2/c1-8-7-9(3-5-11-8)10(14)12-4-2-6-13/h8-9,11,13H,2-7H2,1H3,(H,12,14). The summed E-state index contributed by atoms with van der Waals surface area (Å²) >= 11 is 0. The van der Waals surface area contributed by atoms with Crippen LogP contribution in [0.25, 0.3) is 0 Å². The van der Waals surface area contributed by atoms with E-state index in [-0.39, 0.29) is 18.4 Å². The zero-order chi connectivity index (χ0) is 10.4. The molecule has 1 fully saturated rings. The minimum Gasteiger partial charge on any atom is -0.396 e. The Morgan fingerprint density at radius 3 is 3.07 bits per heavy atom. The molecular weight excluding hydrogens is 180 g/mol. The number of carbonyl (C=O) groups excluding carboxylic acids is 1. The second kappa shape index (κ2) is 5.98. The number of piperidine rings is 1. The third kappa shape index (κ3) is 3.64. The molecule has 0 radical (unpaired) electrons. The Kier molecular flexibility index (Phi) is 4.90. The average Bonchev–Trinajstić information content (AvgIpc) is 2.18. The van der Waals surface area contributed by atoms with Crippen molar-refractivity contribution in [2.24, 2.45) is 5.92 Å². The van der Waals surface area contributed by atoms with Gasteiger partial charge < -0.3 is 15.7 Å². The number of aliphatic hydroxyl groups is 1. The minimum absolute atomic E-state index is 0.142. The van der Waals surface area contributed by atoms with Crippen LogP contribution in [0.4, 0.5) is 0 Å². The highest BCUT2D eigenvalue weighted by molar-refractivity contribution is 5.78. The molecule has 1 amide bonds. The van der Waals surface area contributed by atoms with Crippen LogP contribution in [-0.2, 0) is 4.79 Å². The van der Waals surface area contributed by atoms with Gasteiger partial charge in [0, 0.05) is 25.1 Å². The fraction of sp³-hybridized carbons (Fsp3) is 0.900. The maximum absolute atomic E-state index is 11.6. The molecule has 14 heavy (non-hydrogen) atoms. The first-order chi connectivity index (χ1) is 6.74. The Balaban J connectivity index is 2.22. The van der Waals surface area contributed by atoms with Gasteiger partial charge >= 0.3 is 0 Å². The molecule has 1 aliphatic heterocycles. The smallest absolute Gasteiger partial charge is 0.223 e. The Bertz CT molecular complexity index is 185. The van der Waals surface area contributed by atoms with Gasteiger partial charge in [0.2, 0.25) is 5.91 Å². The summed E-state index contributed by atoms with van der Waals surface area (Å²) in [5, 5.41) is 14.7. The van der Waals surface area contributed by atoms with Gasteiger partial charge in [0.1, 0.15) is 0 Å². The summed E-state index contributed by atoms with van der Waals surface area (Å²) < 4.78 is 0. The lowest BCUT2D eigenvalue weighted by Gasteiger charge is -2.27. The maximum atomic E-state index is 11.6. The number of hydrogen-bond acceptors (Lipinski definition) is 3. The van der Waals surface area contributed by atoms with Crippen molar-refractivity contribution in [1.82, 2.24) is 10.6 Å². The lowest BCUT2D eigenvalue weighted by molar-refractivity contribution is -0.126. The summed E-state index contributed by atoms with van der Waals surface area (Å²) in [4.78, 5) is 11.6. The first kappa shape index (κ1) is 11.5. The topological polar surface area (TPSA) is 61.4 Å². The van der Waals surface area contributed by atoms with Gasteiger partial charge in [0.15, 0.2) is 0 Å². The summed E-state index contributed by atoms with van der Waals surface area (Å²) in [6, 6.07) is 0.442. The number of amides is 1. The molecule has 2 atom stereocenters. The first-order valence-corrected chi connectivity index (χ1v) is 5.36. The molecular formula is C10H20N2O2. The van der Waals surface area contributed by atoms with Crippen molar-refractivity contribution in [2.75, 3.05) is 19.7 Å². The average molecular weight is 200 g/mol. The molecule has 1 aliphatic rings. The van der Waals surface area contributed by atoms with Gasteiger partial charge in [-0.15, -0.1) is 0 Å². The lowest BCUT2D eigenvalue weighted by Crippen LogP contribution is -2.42. The fourth-order valence-electron chi connectivity index (χ4n) is 1.81. The van der Waals surface area contributed by atoms with Crippen LogP contribution in [0.2, 0.25) is 0 Å². The van der Waals surface area contributed by atoms with Crippen molar-refractivity contribution in [1.29, 1.82) is 0 Å². The molecule has 0 aromatic rings. The van der Waals surface area contributed by atoms with Crippen LogP contribution in [0.3, 0.4) is 0 Å². The van der Waals surface area contributed by atoms with Gasteiger partial charge in [-0.2, -0.15) is 0 Å². The first-order valence-electron chi connectivity index (χ1n) is 5.36. The molecule has 1 saturated heterocycles. The third-order valence-corrected chi connectivity index (χ3v) is 2.63. The van der Waals surface area contributed by atoms with Crippen LogP contribution < -0.4 is 10.6 Å². The van der Waals surface area contributed by atoms with E-state index < -0.39 is 0 Å². The van der Waals surface area contributed by atoms with Crippen LogP contribution in [0, 0.1) is 5.92 Å². The van der Waals surface area contributed by atoms with Crippen molar-refractivity contribution in [3.63, 3.8) is 0 Å². The molecule has 0 aliphatic carbocycles. The molecule has 1 rings (SSSR count). The van der Waals surface area contributed by atoms with E-state index in [1.807, 2.05) is 0 Å². The Morgan fingerprint density at radius 2 is 2.43 bits per heavy atom. The van der Waals surface area contributed by atoms with E-state index in [0.29, 0.717) is 19.0 Å². The van der Waals surface area contributed by atoms with Crippen molar-refractivity contribution in [2.45, 2.75) is 32.2 Å². The normalized spacial score (nSPS) is 27.3. The number of rotatable bonds is 4. The van der Waals surface area contributed by atoms with Crippen molar-refractivity contribution in [3.8, 4) is 0 Å².